The molecule has 0 saturated carbocycles. The SMILES string of the molecule is C[C@@H](O)[C@H](NC(=O)[C@@H](N)CCC(N)=O)C(=O)N[C@@H](CO)C(=O)N[C@@H](CCC(N)=O)C(=O)N[C@@H](Cc1c[nH]c2ccccc12)C(=O)N[C@@H](CC(=O)O)C(=O)N[C@@H](CC(=O)O)C(=O)N1CCC[C@H]1C(=O)N[C@@H](Cc1c[nH]c2ccccc12)C(=O)O. The Hall–Kier alpha value is -9.49. The number of aliphatic carboxylic acids is 3. The number of carbonyl (C=O) groups excluding carboxylic acids is 10. The van der Waals surface area contributed by atoms with Gasteiger partial charge in [0.25, 0.3) is 0 Å². The Bertz CT molecular complexity index is 3090. The molecule has 4 aromatic rings. The molecule has 20 N–H and O–H groups in total. The number of aromatic amines is 2. The van der Waals surface area contributed by atoms with Gasteiger partial charge in [-0.05, 0) is 55.9 Å². The number of nitrogens with zero attached hydrogens (tertiary/aromatic N) is 1. The van der Waals surface area contributed by atoms with Crippen molar-refractivity contribution < 1.29 is 87.9 Å². The van der Waals surface area contributed by atoms with Crippen LogP contribution < -0.4 is 54.4 Å². The number of amides is 10. The van der Waals surface area contributed by atoms with E-state index in [2.05, 4.69) is 47.2 Å². The summed E-state index contributed by atoms with van der Waals surface area (Å²) < 4.78 is 0. The van der Waals surface area contributed by atoms with E-state index >= 15 is 0 Å². The second kappa shape index (κ2) is 29.8. The van der Waals surface area contributed by atoms with Crippen LogP contribution in [0.3, 0.4) is 0 Å². The second-order valence-electron chi connectivity index (χ2n) is 19.7. The fraction of sp³-hybridized carbons (Fsp3) is 0.442. The van der Waals surface area contributed by atoms with Crippen LogP contribution in [-0.4, -0.2) is 191 Å². The first-order chi connectivity index (χ1) is 39.3. The largest absolute Gasteiger partial charge is 0.481 e. The van der Waals surface area contributed by atoms with Gasteiger partial charge in [-0.2, -0.15) is 0 Å². The Kier molecular flexibility index (Phi) is 23.1. The fourth-order valence-corrected chi connectivity index (χ4v) is 9.17. The summed E-state index contributed by atoms with van der Waals surface area (Å²) >= 11 is 0. The molecule has 2 aromatic carbocycles. The highest BCUT2D eigenvalue weighted by Crippen LogP contribution is 2.23. The van der Waals surface area contributed by atoms with Gasteiger partial charge in [-0.3, -0.25) is 57.5 Å². The number of hydrogen-bond acceptors (Lipinski definition) is 16. The lowest BCUT2D eigenvalue weighted by Gasteiger charge is -2.30. The molecule has 3 heterocycles. The number of carboxylic acids is 3. The van der Waals surface area contributed by atoms with E-state index in [1.54, 1.807) is 54.7 Å². The van der Waals surface area contributed by atoms with Crippen molar-refractivity contribution in [3.05, 3.63) is 72.1 Å². The third kappa shape index (κ3) is 18.3. The van der Waals surface area contributed by atoms with E-state index < -0.39 is 176 Å². The Labute approximate surface area is 471 Å². The number of carbonyl (C=O) groups is 13. The van der Waals surface area contributed by atoms with E-state index in [1.807, 2.05) is 0 Å². The topological polar surface area (TPSA) is 520 Å². The minimum Gasteiger partial charge on any atom is -0.481 e. The number of H-pyrrole nitrogens is 2. The van der Waals surface area contributed by atoms with E-state index in [-0.39, 0.29) is 38.6 Å². The number of nitrogens with two attached hydrogens (primary N) is 3. The van der Waals surface area contributed by atoms with Gasteiger partial charge < -0.3 is 94.8 Å². The monoisotopic (exact) mass is 1160 g/mol. The molecule has 31 heteroatoms. The quantitative estimate of drug-likeness (QED) is 0.0218. The number of carboxylic acid groups (broad SMARTS) is 3. The zero-order valence-corrected chi connectivity index (χ0v) is 44.8. The number of nitrogens with one attached hydrogen (secondary N) is 9. The maximum atomic E-state index is 14.5. The minimum absolute atomic E-state index is 0.00151. The number of rotatable bonds is 32. The number of aliphatic hydroxyl groups excluding tert-OH is 2. The van der Waals surface area contributed by atoms with Crippen LogP contribution in [0.2, 0.25) is 0 Å². The Balaban J connectivity index is 1.36. The lowest BCUT2D eigenvalue weighted by molar-refractivity contribution is -0.147. The maximum Gasteiger partial charge on any atom is 0.326 e. The van der Waals surface area contributed by atoms with E-state index in [4.69, 9.17) is 17.2 Å². The third-order valence-corrected chi connectivity index (χ3v) is 13.5. The summed E-state index contributed by atoms with van der Waals surface area (Å²) in [6.07, 6.45) is -3.00. The summed E-state index contributed by atoms with van der Waals surface area (Å²) in [4.78, 5) is 178. The number of benzene rings is 2. The molecule has 10 amide bonds. The van der Waals surface area contributed by atoms with Crippen molar-refractivity contribution in [3.8, 4) is 0 Å². The predicted molar refractivity (Wildman–Crippen MR) is 288 cm³/mol. The van der Waals surface area contributed by atoms with Crippen LogP contribution in [-0.2, 0) is 75.2 Å². The van der Waals surface area contributed by atoms with E-state index in [0.717, 1.165) is 11.8 Å². The fourth-order valence-electron chi connectivity index (χ4n) is 9.17. The number of aliphatic hydroxyl groups is 2. The number of primary amides is 2. The van der Waals surface area contributed by atoms with Gasteiger partial charge in [-0.1, -0.05) is 36.4 Å². The zero-order valence-electron chi connectivity index (χ0n) is 44.8. The minimum atomic E-state index is -2.12. The highest BCUT2D eigenvalue weighted by atomic mass is 16.4. The first kappa shape index (κ1) is 64.3. The zero-order chi connectivity index (χ0) is 61.2. The Morgan fingerprint density at radius 3 is 1.60 bits per heavy atom. The number of aromatic nitrogens is 2. The summed E-state index contributed by atoms with van der Waals surface area (Å²) in [6, 6.07) is -1.95. The summed E-state index contributed by atoms with van der Waals surface area (Å²) in [5.74, 6) is -15.9. The van der Waals surface area contributed by atoms with Gasteiger partial charge in [0.05, 0.1) is 31.6 Å². The van der Waals surface area contributed by atoms with Crippen molar-refractivity contribution >= 4 is 98.8 Å². The van der Waals surface area contributed by atoms with Gasteiger partial charge in [0.2, 0.25) is 59.1 Å². The molecule has 83 heavy (non-hydrogen) atoms. The number of para-hydroxylation sites is 2. The molecule has 1 saturated heterocycles. The maximum absolute atomic E-state index is 14.5. The van der Waals surface area contributed by atoms with Crippen molar-refractivity contribution in [2.75, 3.05) is 13.2 Å². The van der Waals surface area contributed by atoms with Crippen molar-refractivity contribution in [1.29, 1.82) is 0 Å². The van der Waals surface area contributed by atoms with E-state index in [9.17, 15) is 87.9 Å². The third-order valence-electron chi connectivity index (χ3n) is 13.5. The number of hydrogen-bond donors (Lipinski definition) is 17. The molecule has 0 radical (unpaired) electrons. The van der Waals surface area contributed by atoms with E-state index in [0.29, 0.717) is 32.9 Å². The summed E-state index contributed by atoms with van der Waals surface area (Å²) in [6.45, 7) is -0.214. The number of fused-ring (bicyclic) bond motifs is 2. The Morgan fingerprint density at radius 2 is 1.06 bits per heavy atom. The molecule has 448 valence electrons. The van der Waals surface area contributed by atoms with Crippen LogP contribution in [0.15, 0.2) is 60.9 Å². The van der Waals surface area contributed by atoms with Gasteiger partial charge in [0.15, 0.2) is 0 Å². The smallest absolute Gasteiger partial charge is 0.326 e. The van der Waals surface area contributed by atoms with E-state index in [1.165, 1.54) is 6.20 Å². The van der Waals surface area contributed by atoms with Crippen molar-refractivity contribution in [2.24, 2.45) is 17.2 Å². The van der Waals surface area contributed by atoms with Crippen molar-refractivity contribution in [1.82, 2.24) is 52.1 Å². The van der Waals surface area contributed by atoms with Gasteiger partial charge >= 0.3 is 17.9 Å². The van der Waals surface area contributed by atoms with Gasteiger partial charge in [-0.15, -0.1) is 0 Å². The number of likely N-dealkylation sites (tertiary alicyclic amines) is 1. The second-order valence-corrected chi connectivity index (χ2v) is 19.7. The van der Waals surface area contributed by atoms with Crippen LogP contribution in [0.5, 0.6) is 0 Å². The van der Waals surface area contributed by atoms with Crippen LogP contribution in [0.1, 0.15) is 69.4 Å². The normalized spacial score (nSPS) is 16.3. The molecule has 1 aliphatic rings. The molecule has 1 fully saturated rings. The van der Waals surface area contributed by atoms with Crippen molar-refractivity contribution in [2.45, 2.75) is 132 Å². The molecule has 0 bridgehead atoms. The molecule has 1 aliphatic heterocycles. The van der Waals surface area contributed by atoms with Crippen LogP contribution in [0.25, 0.3) is 21.8 Å². The summed E-state index contributed by atoms with van der Waals surface area (Å²) in [5, 5.41) is 67.5. The van der Waals surface area contributed by atoms with Gasteiger partial charge in [0, 0.05) is 66.4 Å². The van der Waals surface area contributed by atoms with Crippen LogP contribution in [0, 0.1) is 0 Å². The first-order valence-electron chi connectivity index (χ1n) is 26.1. The lowest BCUT2D eigenvalue weighted by atomic mass is 10.0. The predicted octanol–water partition coefficient (Wildman–Crippen LogP) is -4.92. The Morgan fingerprint density at radius 1 is 0.590 bits per heavy atom. The molecule has 0 unspecified atom stereocenters. The molecule has 5 rings (SSSR count). The van der Waals surface area contributed by atoms with Gasteiger partial charge in [0.1, 0.15) is 48.3 Å². The molecule has 0 spiro atoms. The summed E-state index contributed by atoms with van der Waals surface area (Å²) in [5.41, 5.74) is 18.4. The van der Waals surface area contributed by atoms with Crippen LogP contribution >= 0.6 is 0 Å². The lowest BCUT2D eigenvalue weighted by Crippen LogP contribution is -2.62. The molecule has 2 aromatic heterocycles. The molecular formula is C52H67N13O18. The average Bonchev–Trinajstić information content (AvgIpc) is 4.27. The first-order valence-corrected chi connectivity index (χ1v) is 26.1. The molecular weight excluding hydrogens is 1090 g/mol. The molecule has 10 atom stereocenters. The van der Waals surface area contributed by atoms with Gasteiger partial charge in [-0.25, -0.2) is 4.79 Å². The average molecular weight is 1160 g/mol. The molecule has 0 aliphatic carbocycles. The standard InChI is InChI=1S/C52H67N13O18/c1-24(67)43(64-44(74)29(53)12-14-39(54)68)50(80)63-37(23-66)48(78)58-32(13-15-40(55)69)45(75)59-33(17-25-21-56-30-9-4-2-7-27(25)30)46(76)60-34(19-41(70)71)47(77)61-35(20-42(72)73)51(81)65-16-6-11-38(65)49(79)62-36(52(82)83)18-26-22-57-31-10-5-3-8-28(26)31/h2-5,7-10,21-22,24,29,32-38,43,56-57,66-67H,6,11-20,23,53H2,1H3,(H2,54,68)(H2,55,69)(H,58,78)(H,59,75)(H,60,76)(H,61,77)(H,62,79)(H,63,80)(H,64,74)(H,70,71)(H,72,73)(H,82,83)/t24-,29+,32+,33+,34+,35+,36+,37+,38+,43+/m1/s1. The highest BCUT2D eigenvalue weighted by Gasteiger charge is 2.41. The highest BCUT2D eigenvalue weighted by molar-refractivity contribution is 6.00. The summed E-state index contributed by atoms with van der Waals surface area (Å²) in [7, 11) is 0. The van der Waals surface area contributed by atoms with Crippen LogP contribution in [0.4, 0.5) is 0 Å². The van der Waals surface area contributed by atoms with Crippen molar-refractivity contribution in [3.63, 3.8) is 0 Å². The molecule has 31 nitrogen and oxygen atoms in total.